The molecule has 0 radical (unpaired) electrons. The van der Waals surface area contributed by atoms with Crippen LogP contribution in [0.15, 0.2) is 72.3 Å². The number of para-hydroxylation sites is 1. The normalized spacial score (nSPS) is 13.3. The van der Waals surface area contributed by atoms with Crippen molar-refractivity contribution in [2.45, 2.75) is 26.7 Å². The standard InChI is InChI=1S/C25H19F3N2O2S.C2H6/c26-18-12-20(28)25-22(13-19(18)27)30-23(33-25)11-16(10-15-6-2-1-3-7-15)17-8-4-5-9-21(17)29-14-24(31)32;1-2/h1-10,12,29H,11,13-14H2,(H,31,32);1-2H3/b16-10+;. The summed E-state index contributed by atoms with van der Waals surface area (Å²) < 4.78 is 41.9. The molecule has 182 valence electrons. The third kappa shape index (κ3) is 6.70. The Kier molecular flexibility index (Phi) is 9.03. The molecule has 0 amide bonds. The van der Waals surface area contributed by atoms with Crippen LogP contribution in [0.25, 0.3) is 17.5 Å². The number of aliphatic carboxylic acids is 1. The maximum atomic E-state index is 14.4. The van der Waals surface area contributed by atoms with Crippen molar-refractivity contribution >= 4 is 40.5 Å². The first-order valence-corrected chi connectivity index (χ1v) is 11.9. The molecule has 0 aliphatic heterocycles. The van der Waals surface area contributed by atoms with Crippen LogP contribution in [0.5, 0.6) is 0 Å². The van der Waals surface area contributed by atoms with Gasteiger partial charge in [-0.25, -0.2) is 18.2 Å². The zero-order valence-corrected chi connectivity index (χ0v) is 20.1. The summed E-state index contributed by atoms with van der Waals surface area (Å²) in [5, 5.41) is 12.5. The second kappa shape index (κ2) is 12.2. The monoisotopic (exact) mass is 498 g/mol. The molecule has 0 fully saturated rings. The molecule has 1 aliphatic rings. The zero-order valence-electron chi connectivity index (χ0n) is 19.3. The Morgan fingerprint density at radius 3 is 2.49 bits per heavy atom. The minimum absolute atomic E-state index is 0.115. The number of allylic oxidation sites excluding steroid dienone is 4. The molecule has 8 heteroatoms. The second-order valence-electron chi connectivity index (χ2n) is 7.36. The summed E-state index contributed by atoms with van der Waals surface area (Å²) in [6, 6.07) is 16.8. The van der Waals surface area contributed by atoms with Crippen molar-refractivity contribution in [3.8, 4) is 0 Å². The van der Waals surface area contributed by atoms with Crippen LogP contribution < -0.4 is 5.32 Å². The molecule has 0 unspecified atom stereocenters. The molecular formula is C27H25F3N2O2S. The van der Waals surface area contributed by atoms with Crippen molar-refractivity contribution in [2.24, 2.45) is 0 Å². The smallest absolute Gasteiger partial charge is 0.322 e. The highest BCUT2D eigenvalue weighted by Gasteiger charge is 2.23. The first-order chi connectivity index (χ1) is 16.9. The number of carboxylic acids is 1. The van der Waals surface area contributed by atoms with Crippen molar-refractivity contribution in [1.82, 2.24) is 4.98 Å². The van der Waals surface area contributed by atoms with Crippen LogP contribution in [0.1, 0.15) is 40.6 Å². The Morgan fingerprint density at radius 1 is 1.09 bits per heavy atom. The molecule has 1 aromatic heterocycles. The molecule has 2 aromatic carbocycles. The van der Waals surface area contributed by atoms with Crippen LogP contribution in [0.3, 0.4) is 0 Å². The summed E-state index contributed by atoms with van der Waals surface area (Å²) in [6.45, 7) is 3.74. The van der Waals surface area contributed by atoms with Gasteiger partial charge in [0.25, 0.3) is 0 Å². The number of benzene rings is 2. The van der Waals surface area contributed by atoms with Crippen molar-refractivity contribution in [3.63, 3.8) is 0 Å². The molecule has 1 aliphatic carbocycles. The number of fused-ring (bicyclic) bond motifs is 1. The molecule has 0 bridgehead atoms. The number of halogens is 3. The first-order valence-electron chi connectivity index (χ1n) is 11.1. The van der Waals surface area contributed by atoms with Crippen LogP contribution in [0.4, 0.5) is 18.9 Å². The van der Waals surface area contributed by atoms with Crippen LogP contribution in [0, 0.1) is 0 Å². The molecule has 1 heterocycles. The highest BCUT2D eigenvalue weighted by atomic mass is 32.1. The van der Waals surface area contributed by atoms with Crippen molar-refractivity contribution in [2.75, 3.05) is 11.9 Å². The number of nitrogens with one attached hydrogen (secondary N) is 1. The summed E-state index contributed by atoms with van der Waals surface area (Å²) in [6.07, 6.45) is 2.38. The fraction of sp³-hybridized carbons (Fsp3) is 0.185. The molecule has 0 saturated heterocycles. The summed E-state index contributed by atoms with van der Waals surface area (Å²) in [5.74, 6) is -4.12. The first kappa shape index (κ1) is 26.0. The summed E-state index contributed by atoms with van der Waals surface area (Å²) in [5.41, 5.74) is 3.28. The molecule has 0 spiro atoms. The summed E-state index contributed by atoms with van der Waals surface area (Å²) >= 11 is 1.05. The van der Waals surface area contributed by atoms with Gasteiger partial charge in [0, 0.05) is 30.2 Å². The number of anilines is 1. The number of carboxylic acid groups (broad SMARTS) is 1. The van der Waals surface area contributed by atoms with E-state index in [-0.39, 0.29) is 17.1 Å². The lowest BCUT2D eigenvalue weighted by Gasteiger charge is -2.14. The van der Waals surface area contributed by atoms with Crippen LogP contribution >= 0.6 is 11.3 Å². The second-order valence-corrected chi connectivity index (χ2v) is 8.44. The third-order valence-electron chi connectivity index (χ3n) is 4.98. The van der Waals surface area contributed by atoms with Gasteiger partial charge < -0.3 is 10.4 Å². The Morgan fingerprint density at radius 2 is 1.77 bits per heavy atom. The average molecular weight is 499 g/mol. The van der Waals surface area contributed by atoms with Crippen LogP contribution in [-0.2, 0) is 17.6 Å². The van der Waals surface area contributed by atoms with Gasteiger partial charge in [0.2, 0.25) is 0 Å². The number of hydrogen-bond acceptors (Lipinski definition) is 4. The van der Waals surface area contributed by atoms with Crippen LogP contribution in [0.2, 0.25) is 0 Å². The van der Waals surface area contributed by atoms with E-state index in [0.29, 0.717) is 23.2 Å². The Labute approximate surface area is 206 Å². The van der Waals surface area contributed by atoms with Crippen molar-refractivity contribution in [3.05, 3.63) is 99.0 Å². The molecule has 0 saturated carbocycles. The fourth-order valence-electron chi connectivity index (χ4n) is 3.49. The molecule has 4 rings (SSSR count). The number of thiazole rings is 1. The van der Waals surface area contributed by atoms with Gasteiger partial charge in [0.05, 0.1) is 15.6 Å². The highest BCUT2D eigenvalue weighted by molar-refractivity contribution is 7.12. The van der Waals surface area contributed by atoms with Gasteiger partial charge >= 0.3 is 5.97 Å². The quantitative estimate of drug-likeness (QED) is 0.332. The minimum atomic E-state index is -1.22. The number of rotatable bonds is 7. The van der Waals surface area contributed by atoms with E-state index in [1.165, 1.54) is 0 Å². The summed E-state index contributed by atoms with van der Waals surface area (Å²) in [7, 11) is 0. The van der Waals surface area contributed by atoms with Gasteiger partial charge in [0.15, 0.2) is 5.83 Å². The largest absolute Gasteiger partial charge is 0.480 e. The van der Waals surface area contributed by atoms with E-state index in [0.717, 1.165) is 28.0 Å². The van der Waals surface area contributed by atoms with Gasteiger partial charge in [-0.05, 0) is 17.2 Å². The van der Waals surface area contributed by atoms with Crippen molar-refractivity contribution < 1.29 is 23.1 Å². The number of carbonyl (C=O) groups is 1. The maximum Gasteiger partial charge on any atom is 0.322 e. The maximum absolute atomic E-state index is 14.4. The Hall–Kier alpha value is -3.65. The minimum Gasteiger partial charge on any atom is -0.480 e. The number of hydrogen-bond donors (Lipinski definition) is 2. The highest BCUT2D eigenvalue weighted by Crippen LogP contribution is 2.37. The molecular weight excluding hydrogens is 473 g/mol. The van der Waals surface area contributed by atoms with Gasteiger partial charge in [-0.3, -0.25) is 4.79 Å². The number of nitrogens with zero attached hydrogens (tertiary/aromatic N) is 1. The van der Waals surface area contributed by atoms with Gasteiger partial charge in [-0.15, -0.1) is 11.3 Å². The predicted molar refractivity (Wildman–Crippen MR) is 136 cm³/mol. The topological polar surface area (TPSA) is 62.2 Å². The lowest BCUT2D eigenvalue weighted by molar-refractivity contribution is -0.134. The molecule has 2 N–H and O–H groups in total. The lowest BCUT2D eigenvalue weighted by Crippen LogP contribution is -2.13. The number of aromatic nitrogens is 1. The fourth-order valence-corrected chi connectivity index (χ4v) is 4.51. The lowest BCUT2D eigenvalue weighted by atomic mass is 9.98. The van der Waals surface area contributed by atoms with Gasteiger partial charge in [0.1, 0.15) is 18.2 Å². The van der Waals surface area contributed by atoms with Crippen molar-refractivity contribution in [1.29, 1.82) is 0 Å². The van der Waals surface area contributed by atoms with E-state index >= 15 is 0 Å². The predicted octanol–water partition coefficient (Wildman–Crippen LogP) is 7.47. The molecule has 0 atom stereocenters. The summed E-state index contributed by atoms with van der Waals surface area (Å²) in [4.78, 5) is 15.6. The van der Waals surface area contributed by atoms with Gasteiger partial charge in [-0.1, -0.05) is 68.5 Å². The average Bonchev–Trinajstić information content (AvgIpc) is 3.22. The van der Waals surface area contributed by atoms with Crippen LogP contribution in [-0.4, -0.2) is 22.6 Å². The van der Waals surface area contributed by atoms with E-state index < -0.39 is 29.9 Å². The van der Waals surface area contributed by atoms with E-state index in [2.05, 4.69) is 10.3 Å². The van der Waals surface area contributed by atoms with E-state index in [9.17, 15) is 18.0 Å². The molecule has 35 heavy (non-hydrogen) atoms. The van der Waals surface area contributed by atoms with E-state index in [1.807, 2.05) is 62.4 Å². The Bertz CT molecular complexity index is 1280. The zero-order chi connectivity index (χ0) is 25.4. The van der Waals surface area contributed by atoms with E-state index in [4.69, 9.17) is 5.11 Å². The molecule has 3 aromatic rings. The van der Waals surface area contributed by atoms with E-state index in [1.54, 1.807) is 12.1 Å². The van der Waals surface area contributed by atoms with Gasteiger partial charge in [-0.2, -0.15) is 0 Å². The Balaban J connectivity index is 0.00000167. The SMILES string of the molecule is CC.O=C(O)CNc1ccccc1/C(=C/c1ccccc1)Cc1nc2c(s1)C(F)=CC(F)=C(F)C2. The molecule has 4 nitrogen and oxygen atoms in total. The third-order valence-corrected chi connectivity index (χ3v) is 6.09.